The van der Waals surface area contributed by atoms with Crippen LogP contribution in [0.1, 0.15) is 22.3 Å². The minimum Gasteiger partial charge on any atom is -0.455 e. The number of rotatable bonds is 6. The van der Waals surface area contributed by atoms with Crippen LogP contribution < -0.4 is 4.90 Å². The molecule has 0 saturated heterocycles. The molecule has 63 heavy (non-hydrogen) atoms. The maximum absolute atomic E-state index is 6.86. The Hall–Kier alpha value is -8.20. The van der Waals surface area contributed by atoms with Crippen molar-refractivity contribution in [2.24, 2.45) is 0 Å². The summed E-state index contributed by atoms with van der Waals surface area (Å²) in [5, 5.41) is 2.29. The highest BCUT2D eigenvalue weighted by molar-refractivity contribution is 6.13. The van der Waals surface area contributed by atoms with E-state index in [1.165, 1.54) is 72.3 Å². The lowest BCUT2D eigenvalue weighted by atomic mass is 9.68. The maximum Gasteiger partial charge on any atom is 0.143 e. The van der Waals surface area contributed by atoms with E-state index in [1.807, 2.05) is 0 Å². The first kappa shape index (κ1) is 35.5. The minimum absolute atomic E-state index is 0.589. The van der Waals surface area contributed by atoms with Crippen LogP contribution in [-0.2, 0) is 5.41 Å². The fraction of sp³-hybridized carbons (Fsp3) is 0.0164. The maximum atomic E-state index is 6.86. The molecule has 0 fully saturated rings. The molecule has 2 heteroatoms. The van der Waals surface area contributed by atoms with Crippen molar-refractivity contribution in [3.8, 4) is 55.6 Å². The van der Waals surface area contributed by atoms with Crippen LogP contribution in [0.25, 0.3) is 77.6 Å². The summed E-state index contributed by atoms with van der Waals surface area (Å²) in [6, 6.07) is 86.4. The smallest absolute Gasteiger partial charge is 0.143 e. The van der Waals surface area contributed by atoms with Crippen LogP contribution in [0.3, 0.4) is 0 Å². The van der Waals surface area contributed by atoms with Gasteiger partial charge in [0.1, 0.15) is 11.2 Å². The molecule has 2 aliphatic carbocycles. The topological polar surface area (TPSA) is 16.4 Å². The number of benzene rings is 10. The van der Waals surface area contributed by atoms with Crippen molar-refractivity contribution in [2.45, 2.75) is 5.41 Å². The molecule has 1 atom stereocenters. The summed E-state index contributed by atoms with van der Waals surface area (Å²) in [4.78, 5) is 2.43. The Morgan fingerprint density at radius 3 is 1.48 bits per heavy atom. The monoisotopic (exact) mass is 801 g/mol. The van der Waals surface area contributed by atoms with Gasteiger partial charge in [0.2, 0.25) is 0 Å². The Morgan fingerprint density at radius 1 is 0.317 bits per heavy atom. The van der Waals surface area contributed by atoms with Gasteiger partial charge < -0.3 is 9.32 Å². The molecule has 0 amide bonds. The molecule has 1 aromatic heterocycles. The van der Waals surface area contributed by atoms with Crippen LogP contribution in [0.15, 0.2) is 241 Å². The summed E-state index contributed by atoms with van der Waals surface area (Å²) in [5.41, 5.74) is 21.8. The third kappa shape index (κ3) is 5.19. The summed E-state index contributed by atoms with van der Waals surface area (Å²) in [6.45, 7) is 0. The van der Waals surface area contributed by atoms with Gasteiger partial charge in [-0.3, -0.25) is 0 Å². The number of anilines is 3. The molecule has 1 spiro atoms. The van der Waals surface area contributed by atoms with Crippen molar-refractivity contribution >= 4 is 39.0 Å². The highest BCUT2D eigenvalue weighted by atomic mass is 16.3. The fourth-order valence-electron chi connectivity index (χ4n) is 10.9. The fourth-order valence-corrected chi connectivity index (χ4v) is 10.9. The average molecular weight is 802 g/mol. The SMILES string of the molecule is c1ccc(-c2ccc(N(c3ccc(-c4ccccc4)cc3)c3ccccc3-c3cccc4c3C3(c5ccccc5-4)c4ccccc4-c4c3ccc3c4oc4ccccc43)cc2)cc1. The van der Waals surface area contributed by atoms with Gasteiger partial charge in [-0.1, -0.05) is 200 Å². The molecule has 0 bridgehead atoms. The van der Waals surface area contributed by atoms with Gasteiger partial charge in [0.15, 0.2) is 0 Å². The molecule has 0 radical (unpaired) electrons. The molecular formula is C61H39NO. The predicted molar refractivity (Wildman–Crippen MR) is 261 cm³/mol. The second-order valence-corrected chi connectivity index (χ2v) is 16.7. The second-order valence-electron chi connectivity index (χ2n) is 16.7. The van der Waals surface area contributed by atoms with E-state index in [0.29, 0.717) is 0 Å². The standard InChI is InChI=1S/C61H39NO/c1-3-16-40(17-4-1)42-30-34-44(35-31-42)62(45-36-32-43(33-37-45)41-18-5-2-6-19-41)56-28-13-9-21-47(56)50-25-15-24-49-46-20-7-11-26-53(46)61(59(49)50)54-27-12-8-23-52(54)58-55(61)39-38-51-48-22-10-14-29-57(48)63-60(51)58/h1-39H. The molecule has 13 rings (SSSR count). The molecule has 1 unspecified atom stereocenters. The summed E-state index contributed by atoms with van der Waals surface area (Å²) in [5.74, 6) is 0. The first-order chi connectivity index (χ1) is 31.3. The van der Waals surface area contributed by atoms with E-state index in [1.54, 1.807) is 0 Å². The number of nitrogens with zero attached hydrogens (tertiary/aromatic N) is 1. The quantitative estimate of drug-likeness (QED) is 0.167. The number of hydrogen-bond donors (Lipinski definition) is 0. The molecule has 0 N–H and O–H groups in total. The van der Waals surface area contributed by atoms with Gasteiger partial charge in [-0.2, -0.15) is 0 Å². The first-order valence-corrected chi connectivity index (χ1v) is 21.8. The Labute approximate surface area is 366 Å². The van der Waals surface area contributed by atoms with E-state index in [4.69, 9.17) is 4.42 Å². The third-order valence-corrected chi connectivity index (χ3v) is 13.5. The van der Waals surface area contributed by atoms with Crippen molar-refractivity contribution in [1.29, 1.82) is 0 Å². The zero-order valence-corrected chi connectivity index (χ0v) is 34.4. The van der Waals surface area contributed by atoms with Crippen LogP contribution in [-0.4, -0.2) is 0 Å². The molecule has 294 valence electrons. The third-order valence-electron chi connectivity index (χ3n) is 13.5. The first-order valence-electron chi connectivity index (χ1n) is 21.8. The average Bonchev–Trinajstić information content (AvgIpc) is 3.99. The van der Waals surface area contributed by atoms with Crippen molar-refractivity contribution in [2.75, 3.05) is 4.90 Å². The van der Waals surface area contributed by atoms with E-state index in [-0.39, 0.29) is 0 Å². The lowest BCUT2D eigenvalue weighted by Gasteiger charge is -2.33. The minimum atomic E-state index is -0.589. The summed E-state index contributed by atoms with van der Waals surface area (Å²) in [7, 11) is 0. The van der Waals surface area contributed by atoms with E-state index < -0.39 is 5.41 Å². The molecular weight excluding hydrogens is 763 g/mol. The second kappa shape index (κ2) is 13.9. The lowest BCUT2D eigenvalue weighted by molar-refractivity contribution is 0.669. The van der Waals surface area contributed by atoms with Crippen molar-refractivity contribution < 1.29 is 4.42 Å². The normalized spacial score (nSPS) is 14.4. The lowest BCUT2D eigenvalue weighted by Crippen LogP contribution is -2.26. The van der Waals surface area contributed by atoms with Gasteiger partial charge in [0.05, 0.1) is 11.1 Å². The van der Waals surface area contributed by atoms with Gasteiger partial charge in [-0.15, -0.1) is 0 Å². The molecule has 0 saturated carbocycles. The van der Waals surface area contributed by atoms with E-state index in [9.17, 15) is 0 Å². The number of furan rings is 1. The molecule has 2 nitrogen and oxygen atoms in total. The zero-order chi connectivity index (χ0) is 41.5. The zero-order valence-electron chi connectivity index (χ0n) is 34.4. The van der Waals surface area contributed by atoms with Crippen LogP contribution in [0.2, 0.25) is 0 Å². The molecule has 11 aromatic rings. The summed E-state index contributed by atoms with van der Waals surface area (Å²) < 4.78 is 6.86. The predicted octanol–water partition coefficient (Wildman–Crippen LogP) is 16.4. The van der Waals surface area contributed by atoms with Crippen molar-refractivity contribution in [1.82, 2.24) is 0 Å². The van der Waals surface area contributed by atoms with Gasteiger partial charge in [0, 0.05) is 33.3 Å². The van der Waals surface area contributed by atoms with Crippen LogP contribution in [0, 0.1) is 0 Å². The highest BCUT2D eigenvalue weighted by Gasteiger charge is 2.53. The number of hydrogen-bond acceptors (Lipinski definition) is 2. The van der Waals surface area contributed by atoms with Gasteiger partial charge in [-0.25, -0.2) is 0 Å². The molecule has 10 aromatic carbocycles. The molecule has 1 heterocycles. The molecule has 2 aliphatic rings. The number of fused-ring (bicyclic) bond motifs is 14. The number of para-hydroxylation sites is 2. The molecule has 0 aliphatic heterocycles. The Kier molecular flexibility index (Phi) is 7.85. The van der Waals surface area contributed by atoms with Crippen molar-refractivity contribution in [3.63, 3.8) is 0 Å². The van der Waals surface area contributed by atoms with Crippen LogP contribution in [0.5, 0.6) is 0 Å². The van der Waals surface area contributed by atoms with Crippen LogP contribution in [0.4, 0.5) is 17.1 Å². The summed E-state index contributed by atoms with van der Waals surface area (Å²) in [6.07, 6.45) is 0. The van der Waals surface area contributed by atoms with Crippen LogP contribution >= 0.6 is 0 Å². The van der Waals surface area contributed by atoms with Gasteiger partial charge >= 0.3 is 0 Å². The largest absolute Gasteiger partial charge is 0.455 e. The summed E-state index contributed by atoms with van der Waals surface area (Å²) >= 11 is 0. The Morgan fingerprint density at radius 2 is 0.810 bits per heavy atom. The van der Waals surface area contributed by atoms with E-state index >= 15 is 0 Å². The van der Waals surface area contributed by atoms with E-state index in [2.05, 4.69) is 241 Å². The van der Waals surface area contributed by atoms with E-state index in [0.717, 1.165) is 44.6 Å². The van der Waals surface area contributed by atoms with Gasteiger partial charge in [-0.05, 0) is 103 Å². The van der Waals surface area contributed by atoms with Crippen molar-refractivity contribution in [3.05, 3.63) is 259 Å². The highest BCUT2D eigenvalue weighted by Crippen LogP contribution is 2.66. The van der Waals surface area contributed by atoms with Gasteiger partial charge in [0.25, 0.3) is 0 Å². The Balaban J connectivity index is 1.06. The Bertz CT molecular complexity index is 3470.